The van der Waals surface area contributed by atoms with Crippen LogP contribution in [0.5, 0.6) is 0 Å². The molecule has 0 fully saturated rings. The molecule has 3 nitrogen and oxygen atoms in total. The molecule has 7 heteroatoms. The predicted octanol–water partition coefficient (Wildman–Crippen LogP) is 1.55. The van der Waals surface area contributed by atoms with Crippen molar-refractivity contribution in [3.05, 3.63) is 0 Å². The van der Waals surface area contributed by atoms with Crippen molar-refractivity contribution in [1.29, 1.82) is 0 Å². The molecule has 0 saturated heterocycles. The van der Waals surface area contributed by atoms with Crippen molar-refractivity contribution in [2.24, 2.45) is 0 Å². The first kappa shape index (κ1) is 15.4. The Kier molecular flexibility index (Phi) is 11.3. The lowest BCUT2D eigenvalue weighted by Crippen LogP contribution is -2.17. The topological polar surface area (TPSA) is 27.7 Å². The summed E-state index contributed by atoms with van der Waals surface area (Å²) in [6.45, 7) is 1.47. The van der Waals surface area contributed by atoms with Crippen molar-refractivity contribution < 1.29 is 14.2 Å². The molecule has 0 aromatic carbocycles. The summed E-state index contributed by atoms with van der Waals surface area (Å²) < 4.78 is 15.3. The van der Waals surface area contributed by atoms with Crippen LogP contribution in [0.1, 0.15) is 0 Å². The monoisotopic (exact) mass is 286 g/mol. The second kappa shape index (κ2) is 10.9. The van der Waals surface area contributed by atoms with Gasteiger partial charge in [0, 0.05) is 11.5 Å². The van der Waals surface area contributed by atoms with Gasteiger partial charge in [0.25, 0.3) is 0 Å². The first-order chi connectivity index (χ1) is 7.20. The minimum atomic E-state index is 0.244. The minimum Gasteiger partial charge on any atom is -0.484 e. The molecule has 15 heavy (non-hydrogen) atoms. The second-order valence-electron chi connectivity index (χ2n) is 2.38. The van der Waals surface area contributed by atoms with E-state index in [4.69, 9.17) is 38.6 Å². The van der Waals surface area contributed by atoms with Crippen LogP contribution < -0.4 is 0 Å². The Balaban J connectivity index is 3.36. The highest BCUT2D eigenvalue weighted by Crippen LogP contribution is 1.90. The van der Waals surface area contributed by atoms with Gasteiger partial charge in [-0.3, -0.25) is 0 Å². The number of rotatable bonds is 8. The van der Waals surface area contributed by atoms with Gasteiger partial charge in [-0.1, -0.05) is 0 Å². The predicted molar refractivity (Wildman–Crippen MR) is 75.6 cm³/mol. The highest BCUT2D eigenvalue weighted by molar-refractivity contribution is 7.80. The summed E-state index contributed by atoms with van der Waals surface area (Å²) in [5.74, 6) is 1.26. The zero-order valence-electron chi connectivity index (χ0n) is 8.18. The molecule has 0 atom stereocenters. The van der Waals surface area contributed by atoms with E-state index in [0.29, 0.717) is 34.8 Å². The fourth-order valence-electron chi connectivity index (χ4n) is 0.620. The Morgan fingerprint density at radius 3 is 1.60 bits per heavy atom. The van der Waals surface area contributed by atoms with Crippen molar-refractivity contribution in [1.82, 2.24) is 0 Å². The van der Waals surface area contributed by atoms with Crippen LogP contribution in [-0.4, -0.2) is 48.0 Å². The van der Waals surface area contributed by atoms with Crippen molar-refractivity contribution in [3.63, 3.8) is 0 Å². The van der Waals surface area contributed by atoms with E-state index in [1.165, 1.54) is 0 Å². The van der Waals surface area contributed by atoms with E-state index < -0.39 is 0 Å². The normalized spacial score (nSPS) is 9.73. The smallest absolute Gasteiger partial charge is 0.185 e. The van der Waals surface area contributed by atoms with Crippen molar-refractivity contribution in [3.8, 4) is 0 Å². The third kappa shape index (κ3) is 10.7. The highest BCUT2D eigenvalue weighted by atomic mass is 32.1. The summed E-state index contributed by atoms with van der Waals surface area (Å²) in [5, 5.41) is 0.807. The van der Waals surface area contributed by atoms with Gasteiger partial charge in [-0.15, -0.1) is 0 Å². The molecule has 0 aliphatic carbocycles. The fraction of sp³-hybridized carbons (Fsp3) is 0.750. The summed E-state index contributed by atoms with van der Waals surface area (Å²) in [6, 6.07) is 0. The number of hydrogen-bond acceptors (Lipinski definition) is 7. The fourth-order valence-corrected chi connectivity index (χ4v) is 1.14. The van der Waals surface area contributed by atoms with Crippen molar-refractivity contribution >= 4 is 59.8 Å². The average Bonchev–Trinajstić information content (AvgIpc) is 2.23. The van der Waals surface area contributed by atoms with Crippen LogP contribution in [0.25, 0.3) is 0 Å². The van der Waals surface area contributed by atoms with Gasteiger partial charge in [-0.2, -0.15) is 25.3 Å². The van der Waals surface area contributed by atoms with Crippen LogP contribution in [0.3, 0.4) is 0 Å². The van der Waals surface area contributed by atoms with Gasteiger partial charge in [-0.25, -0.2) is 0 Å². The van der Waals surface area contributed by atoms with Crippen LogP contribution >= 0.6 is 49.7 Å². The van der Waals surface area contributed by atoms with Gasteiger partial charge in [0.15, 0.2) is 10.1 Å². The number of thiol groups is 2. The first-order valence-corrected chi connectivity index (χ1v) is 6.39. The molecule has 0 rings (SSSR count). The van der Waals surface area contributed by atoms with Crippen LogP contribution in [0, 0.1) is 0 Å². The molecule has 0 bridgehead atoms. The maximum absolute atomic E-state index is 5.17. The van der Waals surface area contributed by atoms with E-state index >= 15 is 0 Å². The minimum absolute atomic E-state index is 0.244. The zero-order chi connectivity index (χ0) is 11.5. The Labute approximate surface area is 112 Å². The van der Waals surface area contributed by atoms with Gasteiger partial charge in [-0.05, 0) is 24.4 Å². The molecule has 0 radical (unpaired) electrons. The number of hydrogen-bond donors (Lipinski definition) is 2. The average molecular weight is 286 g/mol. The Morgan fingerprint density at radius 1 is 0.867 bits per heavy atom. The lowest BCUT2D eigenvalue weighted by atomic mass is 10.7. The van der Waals surface area contributed by atoms with Crippen LogP contribution in [0.4, 0.5) is 0 Å². The molecule has 0 heterocycles. The summed E-state index contributed by atoms with van der Waals surface area (Å²) in [4.78, 5) is 0. The summed E-state index contributed by atoms with van der Waals surface area (Å²) in [7, 11) is 0. The van der Waals surface area contributed by atoms with Crippen LogP contribution in [0.15, 0.2) is 0 Å². The molecule has 0 aromatic rings. The Morgan fingerprint density at radius 2 is 1.27 bits per heavy atom. The number of thiocarbonyl (C=S) groups is 2. The van der Waals surface area contributed by atoms with Gasteiger partial charge in [0.05, 0.1) is 13.2 Å². The molecule has 88 valence electrons. The standard InChI is InChI=1S/C8H14O3S4/c12-3-1-10-7(14)5-9-6-8(15)11-2-4-13/h12-13H,1-6H2. The van der Waals surface area contributed by atoms with E-state index in [-0.39, 0.29) is 13.2 Å². The molecule has 0 amide bonds. The maximum atomic E-state index is 5.17. The molecule has 0 aliphatic heterocycles. The van der Waals surface area contributed by atoms with Crippen molar-refractivity contribution in [2.75, 3.05) is 37.9 Å². The third-order valence-electron chi connectivity index (χ3n) is 1.15. The molecule has 0 N–H and O–H groups in total. The molecule has 0 spiro atoms. The van der Waals surface area contributed by atoms with E-state index in [0.717, 1.165) is 0 Å². The SMILES string of the molecule is S=C(COCC(=S)OCCS)OCCS. The lowest BCUT2D eigenvalue weighted by molar-refractivity contribution is 0.172. The van der Waals surface area contributed by atoms with Crippen LogP contribution in [-0.2, 0) is 14.2 Å². The number of ether oxygens (including phenoxy) is 3. The zero-order valence-corrected chi connectivity index (χ0v) is 11.6. The molecule has 0 aromatic heterocycles. The van der Waals surface area contributed by atoms with Gasteiger partial charge in [0.1, 0.15) is 13.2 Å². The van der Waals surface area contributed by atoms with Gasteiger partial charge < -0.3 is 14.2 Å². The first-order valence-electron chi connectivity index (χ1n) is 4.31. The Bertz CT molecular complexity index is 178. The maximum Gasteiger partial charge on any atom is 0.185 e. The summed E-state index contributed by atoms with van der Waals surface area (Å²) in [6.07, 6.45) is 0. The van der Waals surface area contributed by atoms with Gasteiger partial charge in [0.2, 0.25) is 0 Å². The molecule has 0 aliphatic rings. The van der Waals surface area contributed by atoms with E-state index in [1.54, 1.807) is 0 Å². The molecular weight excluding hydrogens is 272 g/mol. The molecule has 0 saturated carbocycles. The van der Waals surface area contributed by atoms with Gasteiger partial charge >= 0.3 is 0 Å². The lowest BCUT2D eigenvalue weighted by Gasteiger charge is -2.08. The van der Waals surface area contributed by atoms with Crippen molar-refractivity contribution in [2.45, 2.75) is 0 Å². The summed E-state index contributed by atoms with van der Waals surface area (Å²) >= 11 is 17.7. The largest absolute Gasteiger partial charge is 0.484 e. The Hall–Kier alpha value is 0.440. The highest BCUT2D eigenvalue weighted by Gasteiger charge is 2.01. The quantitative estimate of drug-likeness (QED) is 0.522. The van der Waals surface area contributed by atoms with Crippen LogP contribution in [0.2, 0.25) is 0 Å². The molecule has 0 unspecified atom stereocenters. The van der Waals surface area contributed by atoms with E-state index in [2.05, 4.69) is 25.3 Å². The van der Waals surface area contributed by atoms with E-state index in [1.807, 2.05) is 0 Å². The second-order valence-corrected chi connectivity index (χ2v) is 4.19. The third-order valence-corrected chi connectivity index (χ3v) is 1.99. The summed E-state index contributed by atoms with van der Waals surface area (Å²) in [5.41, 5.74) is 0. The molecular formula is C8H14O3S4. The van der Waals surface area contributed by atoms with E-state index in [9.17, 15) is 0 Å².